The van der Waals surface area contributed by atoms with Crippen LogP contribution in [0.25, 0.3) is 0 Å². The lowest BCUT2D eigenvalue weighted by Gasteiger charge is -2.41. The molecule has 10 nitrogen and oxygen atoms in total. The number of amides is 3. The average molecular weight is 632 g/mol. The lowest BCUT2D eigenvalue weighted by Crippen LogP contribution is -2.61. The second-order valence-electron chi connectivity index (χ2n) is 15.6. The van der Waals surface area contributed by atoms with Gasteiger partial charge < -0.3 is 19.9 Å². The van der Waals surface area contributed by atoms with Crippen LogP contribution in [0, 0.1) is 11.3 Å². The second-order valence-corrected chi connectivity index (χ2v) is 15.6. The van der Waals surface area contributed by atoms with Crippen molar-refractivity contribution in [2.75, 3.05) is 40.3 Å². The maximum Gasteiger partial charge on any atom is 0.329 e. The van der Waals surface area contributed by atoms with E-state index in [2.05, 4.69) is 29.0 Å². The third-order valence-corrected chi connectivity index (χ3v) is 10.8. The molecule has 0 unspecified atom stereocenters. The van der Waals surface area contributed by atoms with Crippen LogP contribution in [0.15, 0.2) is 0 Å². The Balaban J connectivity index is 1.42. The van der Waals surface area contributed by atoms with E-state index < -0.39 is 17.5 Å². The molecule has 5 atom stereocenters. The van der Waals surface area contributed by atoms with Crippen molar-refractivity contribution < 1.29 is 23.9 Å². The number of rotatable bonds is 10. The first kappa shape index (κ1) is 35.7. The highest BCUT2D eigenvalue weighted by molar-refractivity contribution is 5.91. The van der Waals surface area contributed by atoms with Gasteiger partial charge in [-0.3, -0.25) is 24.2 Å². The average Bonchev–Trinajstić information content (AvgIpc) is 3.68. The maximum atomic E-state index is 14.2. The van der Waals surface area contributed by atoms with Crippen LogP contribution in [0.3, 0.4) is 0 Å². The molecule has 10 heteroatoms. The number of hydrogen-bond acceptors (Lipinski definition) is 7. The summed E-state index contributed by atoms with van der Waals surface area (Å²) in [5, 5.41) is 3.14. The summed E-state index contributed by atoms with van der Waals surface area (Å²) in [7, 11) is 3.82. The minimum absolute atomic E-state index is 0.0167. The first-order chi connectivity index (χ1) is 21.3. The molecule has 3 aliphatic heterocycles. The van der Waals surface area contributed by atoms with Crippen LogP contribution in [-0.4, -0.2) is 120 Å². The zero-order valence-electron chi connectivity index (χ0n) is 29.2. The summed E-state index contributed by atoms with van der Waals surface area (Å²) in [5.74, 6) is -0.255. The third kappa shape index (κ3) is 8.79. The summed E-state index contributed by atoms with van der Waals surface area (Å²) in [4.78, 5) is 62.7. The van der Waals surface area contributed by atoms with E-state index in [0.717, 1.165) is 77.3 Å². The number of nitrogens with one attached hydrogen (secondary N) is 1. The first-order valence-corrected chi connectivity index (χ1v) is 17.8. The Labute approximate surface area is 271 Å². The molecule has 3 heterocycles. The Kier molecular flexibility index (Phi) is 12.4. The molecule has 4 fully saturated rings. The number of likely N-dealkylation sites (tertiary alicyclic amines) is 3. The van der Waals surface area contributed by atoms with E-state index in [-0.39, 0.29) is 53.8 Å². The summed E-state index contributed by atoms with van der Waals surface area (Å²) in [6.07, 6.45) is 11.2. The largest absolute Gasteiger partial charge is 0.461 e. The summed E-state index contributed by atoms with van der Waals surface area (Å²) >= 11 is 0. The van der Waals surface area contributed by atoms with Crippen molar-refractivity contribution in [1.82, 2.24) is 24.9 Å². The summed E-state index contributed by atoms with van der Waals surface area (Å²) in [6.45, 7) is 13.0. The molecular weight excluding hydrogens is 570 g/mol. The van der Waals surface area contributed by atoms with Gasteiger partial charge in [0.2, 0.25) is 17.7 Å². The quantitative estimate of drug-likeness (QED) is 0.366. The molecule has 0 aromatic heterocycles. The fourth-order valence-corrected chi connectivity index (χ4v) is 7.90. The van der Waals surface area contributed by atoms with Crippen LogP contribution in [0.2, 0.25) is 0 Å². The molecule has 45 heavy (non-hydrogen) atoms. The number of hydrogen-bond donors (Lipinski definition) is 1. The molecule has 0 aromatic rings. The van der Waals surface area contributed by atoms with Crippen LogP contribution in [-0.2, 0) is 23.9 Å². The monoisotopic (exact) mass is 631 g/mol. The van der Waals surface area contributed by atoms with E-state index in [1.807, 2.05) is 39.8 Å². The van der Waals surface area contributed by atoms with E-state index in [4.69, 9.17) is 4.74 Å². The lowest BCUT2D eigenvalue weighted by atomic mass is 9.84. The molecule has 3 saturated heterocycles. The number of ether oxygens (including phenoxy) is 1. The zero-order chi connectivity index (χ0) is 32.9. The number of nitrogens with zero attached hydrogens (tertiary/aromatic N) is 4. The van der Waals surface area contributed by atoms with Gasteiger partial charge in [-0.15, -0.1) is 0 Å². The van der Waals surface area contributed by atoms with Gasteiger partial charge in [0.25, 0.3) is 0 Å². The predicted molar refractivity (Wildman–Crippen MR) is 175 cm³/mol. The highest BCUT2D eigenvalue weighted by atomic mass is 16.5. The van der Waals surface area contributed by atoms with Crippen molar-refractivity contribution in [2.24, 2.45) is 11.3 Å². The van der Waals surface area contributed by atoms with Gasteiger partial charge in [0.1, 0.15) is 18.2 Å². The number of likely N-dealkylation sites (N-methyl/N-ethyl adjacent to an activating group) is 2. The normalized spacial score (nSPS) is 26.9. The minimum atomic E-state index is -0.664. The smallest absolute Gasteiger partial charge is 0.329 e. The standard InChI is InChI=1S/C35H61N5O5/c1-24(2)29(38(7)33(43)30(35(3,4)5)36-31(41)26-17-11-12-20-37(26)6)23-39-21-13-18-27(39)32(42)40-22-14-19-28(40)34(44)45-25-15-9-8-10-16-25/h24-30H,8-23H2,1-7H3,(H,36,41)/t26-,27+,28+,29-,30-/m1/s1. The summed E-state index contributed by atoms with van der Waals surface area (Å²) in [5.41, 5.74) is -0.473. The summed E-state index contributed by atoms with van der Waals surface area (Å²) < 4.78 is 5.90. The number of piperidine rings is 1. The zero-order valence-corrected chi connectivity index (χ0v) is 29.2. The van der Waals surface area contributed by atoms with Crippen molar-refractivity contribution in [3.63, 3.8) is 0 Å². The van der Waals surface area contributed by atoms with Gasteiger partial charge in [0.05, 0.1) is 12.1 Å². The van der Waals surface area contributed by atoms with Gasteiger partial charge in [-0.05, 0) is 95.7 Å². The molecule has 1 N–H and O–H groups in total. The Bertz CT molecular complexity index is 1040. The maximum absolute atomic E-state index is 14.2. The van der Waals surface area contributed by atoms with Crippen molar-refractivity contribution >= 4 is 23.7 Å². The Hall–Kier alpha value is -2.20. The van der Waals surface area contributed by atoms with E-state index >= 15 is 0 Å². The SMILES string of the molecule is CC(C)[C@@H](CN1CCC[C@H]1C(=O)N1CCC[C@H]1C(=O)OC1CCCCC1)N(C)C(=O)[C@@H](NC(=O)[C@H]1CCCCN1C)C(C)(C)C. The predicted octanol–water partition coefficient (Wildman–Crippen LogP) is 3.82. The van der Waals surface area contributed by atoms with E-state index in [1.165, 1.54) is 6.42 Å². The van der Waals surface area contributed by atoms with Gasteiger partial charge in [-0.2, -0.15) is 0 Å². The highest BCUT2D eigenvalue weighted by Gasteiger charge is 2.44. The number of carbonyl (C=O) groups is 4. The second kappa shape index (κ2) is 15.6. The first-order valence-electron chi connectivity index (χ1n) is 17.8. The molecule has 4 rings (SSSR count). The number of carbonyl (C=O) groups excluding carboxylic acids is 4. The van der Waals surface area contributed by atoms with Crippen LogP contribution in [0.5, 0.6) is 0 Å². The van der Waals surface area contributed by atoms with Crippen LogP contribution in [0.4, 0.5) is 0 Å². The van der Waals surface area contributed by atoms with Gasteiger partial charge in [-0.1, -0.05) is 47.5 Å². The molecule has 0 bridgehead atoms. The van der Waals surface area contributed by atoms with Crippen LogP contribution >= 0.6 is 0 Å². The van der Waals surface area contributed by atoms with E-state index in [1.54, 1.807) is 4.90 Å². The topological polar surface area (TPSA) is 103 Å². The van der Waals surface area contributed by atoms with Gasteiger partial charge in [-0.25, -0.2) is 4.79 Å². The Morgan fingerprint density at radius 2 is 1.44 bits per heavy atom. The Morgan fingerprint density at radius 3 is 2.09 bits per heavy atom. The highest BCUT2D eigenvalue weighted by Crippen LogP contribution is 2.30. The van der Waals surface area contributed by atoms with E-state index in [0.29, 0.717) is 19.5 Å². The van der Waals surface area contributed by atoms with Crippen LogP contribution < -0.4 is 5.32 Å². The molecule has 0 spiro atoms. The Morgan fingerprint density at radius 1 is 0.822 bits per heavy atom. The minimum Gasteiger partial charge on any atom is -0.461 e. The van der Waals surface area contributed by atoms with Crippen LogP contribution in [0.1, 0.15) is 112 Å². The molecule has 0 radical (unpaired) electrons. The van der Waals surface area contributed by atoms with Gasteiger partial charge >= 0.3 is 5.97 Å². The molecule has 4 aliphatic rings. The summed E-state index contributed by atoms with van der Waals surface area (Å²) in [6, 6.07) is -1.82. The molecular formula is C35H61N5O5. The van der Waals surface area contributed by atoms with E-state index in [9.17, 15) is 19.2 Å². The third-order valence-electron chi connectivity index (χ3n) is 10.8. The molecule has 1 aliphatic carbocycles. The molecule has 0 aromatic carbocycles. The van der Waals surface area contributed by atoms with Crippen molar-refractivity contribution in [3.05, 3.63) is 0 Å². The molecule has 256 valence electrons. The van der Waals surface area contributed by atoms with Crippen molar-refractivity contribution in [1.29, 1.82) is 0 Å². The molecule has 3 amide bonds. The van der Waals surface area contributed by atoms with Crippen molar-refractivity contribution in [2.45, 2.75) is 148 Å². The fraction of sp³-hybridized carbons (Fsp3) is 0.886. The lowest BCUT2D eigenvalue weighted by molar-refractivity contribution is -0.160. The van der Waals surface area contributed by atoms with Crippen molar-refractivity contribution in [3.8, 4) is 0 Å². The fourth-order valence-electron chi connectivity index (χ4n) is 7.90. The molecule has 1 saturated carbocycles. The number of esters is 1. The van der Waals surface area contributed by atoms with Gasteiger partial charge in [0.15, 0.2) is 0 Å². The van der Waals surface area contributed by atoms with Gasteiger partial charge in [0, 0.05) is 26.2 Å².